The van der Waals surface area contributed by atoms with Crippen LogP contribution in [-0.2, 0) is 4.79 Å². The average molecular weight is 266 g/mol. The minimum absolute atomic E-state index is 0.0131. The van der Waals surface area contributed by atoms with Crippen LogP contribution in [-0.4, -0.2) is 44.9 Å². The van der Waals surface area contributed by atoms with Gasteiger partial charge in [0.05, 0.1) is 6.20 Å². The van der Waals surface area contributed by atoms with Crippen LogP contribution in [0.15, 0.2) is 6.20 Å². The van der Waals surface area contributed by atoms with Crippen LogP contribution in [0.3, 0.4) is 0 Å². The quantitative estimate of drug-likeness (QED) is 0.860. The minimum atomic E-state index is -0.319. The van der Waals surface area contributed by atoms with Gasteiger partial charge in [-0.1, -0.05) is 4.49 Å². The number of aromatic nitrogens is 2. The molecule has 1 unspecified atom stereocenters. The Morgan fingerprint density at radius 3 is 2.89 bits per heavy atom. The van der Waals surface area contributed by atoms with Crippen molar-refractivity contribution in [3.8, 4) is 0 Å². The SMILES string of the molecule is O=C(NC1CC1)C1CCCN1C(=O)c1cnns1. The van der Waals surface area contributed by atoms with Gasteiger partial charge in [0.25, 0.3) is 5.91 Å². The Hall–Kier alpha value is -1.50. The molecular formula is C11H14N4O2S. The number of carbonyl (C=O) groups excluding carboxylic acids is 2. The molecular weight excluding hydrogens is 252 g/mol. The van der Waals surface area contributed by atoms with Gasteiger partial charge in [0.1, 0.15) is 10.9 Å². The highest BCUT2D eigenvalue weighted by molar-refractivity contribution is 7.07. The molecule has 2 heterocycles. The molecule has 0 radical (unpaired) electrons. The Bertz CT molecular complexity index is 458. The van der Waals surface area contributed by atoms with Crippen LogP contribution in [0.4, 0.5) is 0 Å². The topological polar surface area (TPSA) is 75.2 Å². The van der Waals surface area contributed by atoms with E-state index in [4.69, 9.17) is 0 Å². The number of hydrogen-bond acceptors (Lipinski definition) is 5. The molecule has 3 rings (SSSR count). The van der Waals surface area contributed by atoms with E-state index in [2.05, 4.69) is 14.9 Å². The Morgan fingerprint density at radius 1 is 1.39 bits per heavy atom. The number of carbonyl (C=O) groups is 2. The van der Waals surface area contributed by atoms with Gasteiger partial charge in [0.15, 0.2) is 0 Å². The van der Waals surface area contributed by atoms with Crippen LogP contribution >= 0.6 is 11.5 Å². The molecule has 0 bridgehead atoms. The highest BCUT2D eigenvalue weighted by Crippen LogP contribution is 2.24. The molecule has 1 saturated carbocycles. The second-order valence-electron chi connectivity index (χ2n) is 4.72. The van der Waals surface area contributed by atoms with Gasteiger partial charge in [0.2, 0.25) is 5.91 Å². The summed E-state index contributed by atoms with van der Waals surface area (Å²) in [6, 6.07) is 0.0142. The number of likely N-dealkylation sites (tertiary alicyclic amines) is 1. The van der Waals surface area contributed by atoms with Crippen molar-refractivity contribution < 1.29 is 9.59 Å². The van der Waals surface area contributed by atoms with Crippen LogP contribution in [0.2, 0.25) is 0 Å². The highest BCUT2D eigenvalue weighted by Gasteiger charge is 2.37. The molecule has 6 nitrogen and oxygen atoms in total. The molecule has 2 aliphatic rings. The third-order valence-corrected chi connectivity index (χ3v) is 3.96. The summed E-state index contributed by atoms with van der Waals surface area (Å²) in [6.07, 6.45) is 5.20. The first-order valence-corrected chi connectivity index (χ1v) is 6.92. The largest absolute Gasteiger partial charge is 0.352 e. The zero-order valence-corrected chi connectivity index (χ0v) is 10.7. The van der Waals surface area contributed by atoms with Crippen molar-refractivity contribution in [3.63, 3.8) is 0 Å². The molecule has 1 N–H and O–H groups in total. The first-order chi connectivity index (χ1) is 8.75. The Labute approximate surface area is 109 Å². The standard InChI is InChI=1S/C11H14N4O2S/c16-10(13-7-3-4-7)8-2-1-5-15(8)11(17)9-6-12-14-18-9/h6-8H,1-5H2,(H,13,16). The molecule has 0 aromatic carbocycles. The maximum absolute atomic E-state index is 12.2. The molecule has 1 aromatic heterocycles. The molecule has 1 atom stereocenters. The van der Waals surface area contributed by atoms with E-state index in [-0.39, 0.29) is 17.9 Å². The molecule has 1 aliphatic heterocycles. The molecule has 2 fully saturated rings. The predicted octanol–water partition coefficient (Wildman–Crippen LogP) is 0.421. The van der Waals surface area contributed by atoms with Crippen LogP contribution in [0, 0.1) is 0 Å². The van der Waals surface area contributed by atoms with Crippen molar-refractivity contribution >= 4 is 23.3 Å². The maximum atomic E-state index is 12.2. The van der Waals surface area contributed by atoms with Gasteiger partial charge in [-0.3, -0.25) is 9.59 Å². The summed E-state index contributed by atoms with van der Waals surface area (Å²) < 4.78 is 3.69. The fourth-order valence-electron chi connectivity index (χ4n) is 2.21. The smallest absolute Gasteiger partial charge is 0.267 e. The fraction of sp³-hybridized carbons (Fsp3) is 0.636. The van der Waals surface area contributed by atoms with Crippen LogP contribution in [0.1, 0.15) is 35.4 Å². The van der Waals surface area contributed by atoms with E-state index in [9.17, 15) is 9.59 Å². The number of nitrogens with one attached hydrogen (secondary N) is 1. The van der Waals surface area contributed by atoms with Gasteiger partial charge < -0.3 is 10.2 Å². The second kappa shape index (κ2) is 4.64. The summed E-state index contributed by atoms with van der Waals surface area (Å²) in [6.45, 7) is 0.638. The van der Waals surface area contributed by atoms with Crippen molar-refractivity contribution in [1.82, 2.24) is 19.8 Å². The molecule has 1 aromatic rings. The van der Waals surface area contributed by atoms with Crippen LogP contribution in [0.5, 0.6) is 0 Å². The molecule has 0 spiro atoms. The Morgan fingerprint density at radius 2 is 2.22 bits per heavy atom. The maximum Gasteiger partial charge on any atom is 0.267 e. The van der Waals surface area contributed by atoms with E-state index < -0.39 is 0 Å². The lowest BCUT2D eigenvalue weighted by Gasteiger charge is -2.23. The van der Waals surface area contributed by atoms with E-state index in [1.54, 1.807) is 4.90 Å². The van der Waals surface area contributed by atoms with Crippen molar-refractivity contribution in [2.45, 2.75) is 37.8 Å². The van der Waals surface area contributed by atoms with Gasteiger partial charge in [-0.05, 0) is 37.2 Å². The van der Waals surface area contributed by atoms with Gasteiger partial charge in [-0.2, -0.15) is 0 Å². The summed E-state index contributed by atoms with van der Waals surface area (Å²) in [5.41, 5.74) is 0. The van der Waals surface area contributed by atoms with Gasteiger partial charge in [-0.25, -0.2) is 0 Å². The zero-order valence-electron chi connectivity index (χ0n) is 9.83. The lowest BCUT2D eigenvalue weighted by molar-refractivity contribution is -0.125. The normalized spacial score (nSPS) is 23.1. The monoisotopic (exact) mass is 266 g/mol. The molecule has 1 saturated heterocycles. The van der Waals surface area contributed by atoms with Crippen molar-refractivity contribution in [2.24, 2.45) is 0 Å². The molecule has 7 heteroatoms. The number of nitrogens with zero attached hydrogens (tertiary/aromatic N) is 3. The average Bonchev–Trinajstić information content (AvgIpc) is 2.91. The van der Waals surface area contributed by atoms with E-state index in [1.807, 2.05) is 0 Å². The van der Waals surface area contributed by atoms with E-state index in [0.29, 0.717) is 17.5 Å². The summed E-state index contributed by atoms with van der Waals surface area (Å²) in [5, 5.41) is 6.63. The molecule has 18 heavy (non-hydrogen) atoms. The lowest BCUT2D eigenvalue weighted by atomic mass is 10.2. The fourth-order valence-corrected chi connectivity index (χ4v) is 2.68. The van der Waals surface area contributed by atoms with Crippen molar-refractivity contribution in [2.75, 3.05) is 6.54 Å². The Balaban J connectivity index is 1.70. The molecule has 1 aliphatic carbocycles. The zero-order chi connectivity index (χ0) is 12.5. The first kappa shape index (κ1) is 11.6. The van der Waals surface area contributed by atoms with Gasteiger partial charge in [0, 0.05) is 12.6 Å². The van der Waals surface area contributed by atoms with Crippen LogP contribution < -0.4 is 5.32 Å². The van der Waals surface area contributed by atoms with Gasteiger partial charge in [-0.15, -0.1) is 5.10 Å². The predicted molar refractivity (Wildman–Crippen MR) is 65.1 cm³/mol. The molecule has 96 valence electrons. The second-order valence-corrected chi connectivity index (χ2v) is 5.51. The third kappa shape index (κ3) is 2.22. The van der Waals surface area contributed by atoms with E-state index >= 15 is 0 Å². The third-order valence-electron chi connectivity index (χ3n) is 3.31. The summed E-state index contributed by atoms with van der Waals surface area (Å²) in [5.74, 6) is -0.140. The van der Waals surface area contributed by atoms with E-state index in [1.165, 1.54) is 6.20 Å². The number of rotatable bonds is 3. The van der Waals surface area contributed by atoms with Gasteiger partial charge >= 0.3 is 0 Å². The first-order valence-electron chi connectivity index (χ1n) is 6.14. The highest BCUT2D eigenvalue weighted by atomic mass is 32.1. The number of amides is 2. The van der Waals surface area contributed by atoms with Crippen LogP contribution in [0.25, 0.3) is 0 Å². The summed E-state index contributed by atoms with van der Waals surface area (Å²) in [7, 11) is 0. The van der Waals surface area contributed by atoms with Crippen molar-refractivity contribution in [1.29, 1.82) is 0 Å². The summed E-state index contributed by atoms with van der Waals surface area (Å²) in [4.78, 5) is 26.4. The summed E-state index contributed by atoms with van der Waals surface area (Å²) >= 11 is 1.07. The Kier molecular flexibility index (Phi) is 2.99. The van der Waals surface area contributed by atoms with E-state index in [0.717, 1.165) is 37.2 Å². The lowest BCUT2D eigenvalue weighted by Crippen LogP contribution is -2.46. The number of hydrogen-bond donors (Lipinski definition) is 1. The minimum Gasteiger partial charge on any atom is -0.352 e. The molecule has 2 amide bonds. The van der Waals surface area contributed by atoms with Crippen molar-refractivity contribution in [3.05, 3.63) is 11.1 Å².